The van der Waals surface area contributed by atoms with Crippen molar-refractivity contribution in [3.8, 4) is 11.1 Å². The average Bonchev–Trinajstić information content (AvgIpc) is 2.80. The van der Waals surface area contributed by atoms with Crippen LogP contribution in [-0.4, -0.2) is 15.6 Å². The van der Waals surface area contributed by atoms with E-state index in [1.165, 1.54) is 0 Å². The molecule has 31 heavy (non-hydrogen) atoms. The van der Waals surface area contributed by atoms with Gasteiger partial charge in [-0.1, -0.05) is 67.9 Å². The first-order chi connectivity index (χ1) is 15.1. The minimum atomic E-state index is -0.931. The highest BCUT2D eigenvalue weighted by molar-refractivity contribution is 5.96. The second kappa shape index (κ2) is 9.00. The minimum absolute atomic E-state index is 0.126. The van der Waals surface area contributed by atoms with Gasteiger partial charge in [0.15, 0.2) is 5.43 Å². The molecule has 0 amide bonds. The fourth-order valence-electron chi connectivity index (χ4n) is 3.99. The van der Waals surface area contributed by atoms with Crippen LogP contribution in [-0.2, 0) is 13.0 Å². The Morgan fingerprint density at radius 1 is 0.935 bits per heavy atom. The van der Waals surface area contributed by atoms with Gasteiger partial charge in [-0.15, -0.1) is 0 Å². The first-order valence-electron chi connectivity index (χ1n) is 10.6. The fraction of sp³-hybridized carbons (Fsp3) is 0.185. The van der Waals surface area contributed by atoms with E-state index in [0.717, 1.165) is 46.9 Å². The summed E-state index contributed by atoms with van der Waals surface area (Å²) < 4.78 is 2.14. The van der Waals surface area contributed by atoms with Gasteiger partial charge in [-0.25, -0.2) is 4.79 Å². The van der Waals surface area contributed by atoms with Crippen molar-refractivity contribution in [3.05, 3.63) is 106 Å². The van der Waals surface area contributed by atoms with Crippen LogP contribution in [0.1, 0.15) is 41.3 Å². The molecule has 4 aromatic rings. The Hall–Kier alpha value is -3.66. The maximum atomic E-state index is 12.9. The summed E-state index contributed by atoms with van der Waals surface area (Å²) in [5.74, 6) is -0.931. The van der Waals surface area contributed by atoms with E-state index in [4.69, 9.17) is 0 Å². The number of unbranched alkanes of at least 4 members (excludes halogenated alkanes) is 1. The summed E-state index contributed by atoms with van der Waals surface area (Å²) in [6, 6.07) is 22.7. The lowest BCUT2D eigenvalue weighted by Gasteiger charge is -2.14. The smallest absolute Gasteiger partial charge is 0.336 e. The molecule has 4 heteroatoms. The van der Waals surface area contributed by atoms with Crippen LogP contribution < -0.4 is 5.43 Å². The second-order valence-corrected chi connectivity index (χ2v) is 7.78. The first kappa shape index (κ1) is 20.6. The molecule has 0 aliphatic heterocycles. The largest absolute Gasteiger partial charge is 0.478 e. The van der Waals surface area contributed by atoms with Crippen molar-refractivity contribution in [2.24, 2.45) is 0 Å². The van der Waals surface area contributed by atoms with Crippen LogP contribution in [0.25, 0.3) is 22.0 Å². The third kappa shape index (κ3) is 4.29. The molecule has 4 rings (SSSR count). The number of rotatable bonds is 7. The van der Waals surface area contributed by atoms with E-state index in [1.807, 2.05) is 66.9 Å². The lowest BCUT2D eigenvalue weighted by molar-refractivity contribution is 0.0697. The van der Waals surface area contributed by atoms with Crippen molar-refractivity contribution >= 4 is 16.9 Å². The van der Waals surface area contributed by atoms with E-state index < -0.39 is 5.97 Å². The number of hydrogen-bond acceptors (Lipinski definition) is 2. The van der Waals surface area contributed by atoms with Gasteiger partial charge in [0.05, 0.1) is 11.1 Å². The Morgan fingerprint density at radius 2 is 1.65 bits per heavy atom. The number of hydrogen-bond donors (Lipinski definition) is 1. The number of para-hydroxylation sites is 1. The van der Waals surface area contributed by atoms with Crippen molar-refractivity contribution in [2.75, 3.05) is 0 Å². The van der Waals surface area contributed by atoms with Crippen LogP contribution in [0.5, 0.6) is 0 Å². The lowest BCUT2D eigenvalue weighted by Crippen LogP contribution is -2.15. The number of carboxylic acid groups (broad SMARTS) is 1. The number of benzene rings is 3. The number of aryl methyl sites for hydroxylation is 1. The molecule has 1 heterocycles. The number of carbonyl (C=O) groups is 1. The third-order valence-corrected chi connectivity index (χ3v) is 5.64. The van der Waals surface area contributed by atoms with Gasteiger partial charge in [0.2, 0.25) is 0 Å². The zero-order valence-electron chi connectivity index (χ0n) is 17.5. The molecule has 0 aliphatic rings. The normalized spacial score (nSPS) is 11.0. The van der Waals surface area contributed by atoms with Crippen molar-refractivity contribution < 1.29 is 9.90 Å². The monoisotopic (exact) mass is 411 g/mol. The molecule has 0 bridgehead atoms. The van der Waals surface area contributed by atoms with Crippen LogP contribution in [0.3, 0.4) is 0 Å². The van der Waals surface area contributed by atoms with Gasteiger partial charge in [-0.3, -0.25) is 4.79 Å². The number of carboxylic acids is 1. The van der Waals surface area contributed by atoms with Crippen LogP contribution in [0.2, 0.25) is 0 Å². The lowest BCUT2D eigenvalue weighted by atomic mass is 9.98. The molecule has 0 fully saturated rings. The Morgan fingerprint density at radius 3 is 2.39 bits per heavy atom. The topological polar surface area (TPSA) is 59.3 Å². The number of aromatic nitrogens is 1. The Labute approximate surface area is 181 Å². The van der Waals surface area contributed by atoms with Gasteiger partial charge in [0.1, 0.15) is 0 Å². The summed E-state index contributed by atoms with van der Waals surface area (Å²) >= 11 is 0. The summed E-state index contributed by atoms with van der Waals surface area (Å²) in [6.07, 6.45) is 4.82. The predicted molar refractivity (Wildman–Crippen MR) is 125 cm³/mol. The molecule has 1 N–H and O–H groups in total. The van der Waals surface area contributed by atoms with Crippen molar-refractivity contribution in [2.45, 2.75) is 32.7 Å². The van der Waals surface area contributed by atoms with Crippen molar-refractivity contribution in [1.29, 1.82) is 0 Å². The highest BCUT2D eigenvalue weighted by Crippen LogP contribution is 2.25. The Balaban J connectivity index is 1.69. The molecule has 156 valence electrons. The Kier molecular flexibility index (Phi) is 5.99. The molecule has 3 aromatic carbocycles. The highest BCUT2D eigenvalue weighted by atomic mass is 16.4. The second-order valence-electron chi connectivity index (χ2n) is 7.78. The van der Waals surface area contributed by atoms with Gasteiger partial charge < -0.3 is 9.67 Å². The first-order valence-corrected chi connectivity index (χ1v) is 10.6. The highest BCUT2D eigenvalue weighted by Gasteiger charge is 2.12. The molecule has 0 atom stereocenters. The maximum absolute atomic E-state index is 12.9. The number of pyridine rings is 1. The standard InChI is InChI=1S/C27H25NO3/c1-2-3-8-21-18-28(25-12-7-6-11-24(25)26(21)29)17-19-13-15-20(16-14-19)22-9-4-5-10-23(22)27(30)31/h4-7,9-16,18H,2-3,8,17H2,1H3,(H,30,31). The minimum Gasteiger partial charge on any atom is -0.478 e. The third-order valence-electron chi connectivity index (χ3n) is 5.64. The SMILES string of the molecule is CCCCc1cn(Cc2ccc(-c3ccccc3C(=O)O)cc2)c2ccccc2c1=O. The number of nitrogens with zero attached hydrogens (tertiary/aromatic N) is 1. The van der Waals surface area contributed by atoms with Crippen LogP contribution >= 0.6 is 0 Å². The van der Waals surface area contributed by atoms with Gasteiger partial charge in [0, 0.05) is 23.7 Å². The molecule has 0 saturated heterocycles. The molecule has 0 saturated carbocycles. The summed E-state index contributed by atoms with van der Waals surface area (Å²) in [5, 5.41) is 10.2. The van der Waals surface area contributed by atoms with Crippen LogP contribution in [0.4, 0.5) is 0 Å². The zero-order chi connectivity index (χ0) is 21.8. The number of aromatic carboxylic acids is 1. The summed E-state index contributed by atoms with van der Waals surface area (Å²) in [5.41, 5.74) is 4.86. The van der Waals surface area contributed by atoms with Crippen molar-refractivity contribution in [3.63, 3.8) is 0 Å². The molecule has 1 aromatic heterocycles. The fourth-order valence-corrected chi connectivity index (χ4v) is 3.99. The maximum Gasteiger partial charge on any atom is 0.336 e. The van der Waals surface area contributed by atoms with Crippen LogP contribution in [0.15, 0.2) is 83.8 Å². The van der Waals surface area contributed by atoms with Gasteiger partial charge in [-0.05, 0) is 47.7 Å². The predicted octanol–water partition coefficient (Wildman–Crippen LogP) is 5.76. The molecular weight excluding hydrogens is 386 g/mol. The Bertz CT molecular complexity index is 1290. The van der Waals surface area contributed by atoms with Gasteiger partial charge in [0.25, 0.3) is 0 Å². The van der Waals surface area contributed by atoms with E-state index in [1.54, 1.807) is 12.1 Å². The van der Waals surface area contributed by atoms with E-state index in [2.05, 4.69) is 11.5 Å². The summed E-state index contributed by atoms with van der Waals surface area (Å²) in [4.78, 5) is 24.4. The van der Waals surface area contributed by atoms with Crippen molar-refractivity contribution in [1.82, 2.24) is 4.57 Å². The van der Waals surface area contributed by atoms with Crippen LogP contribution in [0, 0.1) is 0 Å². The average molecular weight is 412 g/mol. The molecule has 0 spiro atoms. The zero-order valence-corrected chi connectivity index (χ0v) is 17.5. The molecule has 0 radical (unpaired) electrons. The molecular formula is C27H25NO3. The number of fused-ring (bicyclic) bond motifs is 1. The summed E-state index contributed by atoms with van der Waals surface area (Å²) in [6.45, 7) is 2.77. The van der Waals surface area contributed by atoms with E-state index >= 15 is 0 Å². The quantitative estimate of drug-likeness (QED) is 0.421. The molecule has 0 unspecified atom stereocenters. The molecule has 4 nitrogen and oxygen atoms in total. The molecule has 0 aliphatic carbocycles. The van der Waals surface area contributed by atoms with Gasteiger partial charge in [-0.2, -0.15) is 0 Å². The summed E-state index contributed by atoms with van der Waals surface area (Å²) in [7, 11) is 0. The van der Waals surface area contributed by atoms with Gasteiger partial charge >= 0.3 is 5.97 Å². The van der Waals surface area contributed by atoms with E-state index in [0.29, 0.717) is 17.7 Å². The van der Waals surface area contributed by atoms with E-state index in [-0.39, 0.29) is 5.43 Å². The van der Waals surface area contributed by atoms with E-state index in [9.17, 15) is 14.7 Å².